The summed E-state index contributed by atoms with van der Waals surface area (Å²) in [5.41, 5.74) is 5.54. The smallest absolute Gasteiger partial charge is 0.404 e. The summed E-state index contributed by atoms with van der Waals surface area (Å²) in [7, 11) is 0. The standard InChI is InChI=1S/C37H42N8O6/c1-23-2-7-29(21-31(23)36(48)45-16-18-51-19-17-45)26-8-3-24(4-9-26)20-32(40-34(46)28-10-5-25(6-11-28)22-38-37(49)50)35(47)39-30-14-12-27(13-15-30)33-41-43-44-42-33/h2-4,7-9,12-15,21,25,28,32,38H,5-6,10-11,16-20,22H2,1H3,(H,39,47)(H,40,46)(H,49,50)(H,41,42,43,44)/t25?,28?,32-/m0/s1. The number of aromatic nitrogens is 4. The molecule has 1 atom stereocenters. The van der Waals surface area contributed by atoms with Crippen LogP contribution in [0.5, 0.6) is 0 Å². The van der Waals surface area contributed by atoms with E-state index in [9.17, 15) is 19.2 Å². The van der Waals surface area contributed by atoms with Crippen molar-refractivity contribution in [3.05, 3.63) is 83.4 Å². The minimum absolute atomic E-state index is 0.00580. The number of nitrogens with one attached hydrogen (secondary N) is 4. The molecule has 1 aliphatic carbocycles. The molecule has 1 saturated carbocycles. The van der Waals surface area contributed by atoms with E-state index in [4.69, 9.17) is 9.84 Å². The van der Waals surface area contributed by atoms with Gasteiger partial charge in [-0.1, -0.05) is 36.4 Å². The summed E-state index contributed by atoms with van der Waals surface area (Å²) in [6.45, 7) is 4.51. The van der Waals surface area contributed by atoms with E-state index in [2.05, 4.69) is 36.6 Å². The molecule has 2 aliphatic rings. The van der Waals surface area contributed by atoms with Crippen molar-refractivity contribution in [2.45, 2.75) is 45.1 Å². The fourth-order valence-electron chi connectivity index (χ4n) is 6.61. The Labute approximate surface area is 295 Å². The zero-order valence-corrected chi connectivity index (χ0v) is 28.4. The van der Waals surface area contributed by atoms with Crippen molar-refractivity contribution in [3.63, 3.8) is 0 Å². The van der Waals surface area contributed by atoms with Crippen LogP contribution in [0.1, 0.15) is 47.2 Å². The highest BCUT2D eigenvalue weighted by Gasteiger charge is 2.30. The first-order chi connectivity index (χ1) is 24.7. The largest absolute Gasteiger partial charge is 0.465 e. The lowest BCUT2D eigenvalue weighted by molar-refractivity contribution is -0.130. The van der Waals surface area contributed by atoms with Gasteiger partial charge in [0, 0.05) is 48.8 Å². The Kier molecular flexibility index (Phi) is 11.3. The zero-order chi connectivity index (χ0) is 35.7. The van der Waals surface area contributed by atoms with Crippen LogP contribution in [0.2, 0.25) is 0 Å². The lowest BCUT2D eigenvalue weighted by Gasteiger charge is -2.29. The predicted molar refractivity (Wildman–Crippen MR) is 189 cm³/mol. The molecule has 5 N–H and O–H groups in total. The number of nitrogens with zero attached hydrogens (tertiary/aromatic N) is 4. The molecule has 1 saturated heterocycles. The average Bonchev–Trinajstić information content (AvgIpc) is 3.70. The molecule has 0 radical (unpaired) electrons. The first-order valence-electron chi connectivity index (χ1n) is 17.2. The molecule has 0 bridgehead atoms. The van der Waals surface area contributed by atoms with Gasteiger partial charge in [0.1, 0.15) is 6.04 Å². The molecular weight excluding hydrogens is 652 g/mol. The monoisotopic (exact) mass is 694 g/mol. The number of H-pyrrole nitrogens is 1. The summed E-state index contributed by atoms with van der Waals surface area (Å²) >= 11 is 0. The molecule has 266 valence electrons. The number of hydrogen-bond acceptors (Lipinski definition) is 8. The summed E-state index contributed by atoms with van der Waals surface area (Å²) in [5, 5.41) is 31.3. The molecule has 6 rings (SSSR count). The Morgan fingerprint density at radius 1 is 0.922 bits per heavy atom. The van der Waals surface area contributed by atoms with Crippen LogP contribution in [0.3, 0.4) is 0 Å². The Morgan fingerprint density at radius 2 is 1.61 bits per heavy atom. The maximum Gasteiger partial charge on any atom is 0.404 e. The second kappa shape index (κ2) is 16.4. The maximum absolute atomic E-state index is 13.7. The van der Waals surface area contributed by atoms with Gasteiger partial charge in [-0.25, -0.2) is 4.79 Å². The number of carboxylic acid groups (broad SMARTS) is 1. The lowest BCUT2D eigenvalue weighted by Crippen LogP contribution is -2.48. The Hall–Kier alpha value is -5.63. The summed E-state index contributed by atoms with van der Waals surface area (Å²) < 4.78 is 5.41. The number of carbonyl (C=O) groups excluding carboxylic acids is 3. The summed E-state index contributed by atoms with van der Waals surface area (Å²) in [6.07, 6.45) is 1.88. The Bertz CT molecular complexity index is 1820. The van der Waals surface area contributed by atoms with E-state index in [1.165, 1.54) is 0 Å². The molecule has 0 spiro atoms. The van der Waals surface area contributed by atoms with Crippen LogP contribution in [0, 0.1) is 18.8 Å². The van der Waals surface area contributed by atoms with Gasteiger partial charge in [-0.2, -0.15) is 5.21 Å². The van der Waals surface area contributed by atoms with Crippen molar-refractivity contribution in [3.8, 4) is 22.5 Å². The SMILES string of the molecule is Cc1ccc(-c2ccc(C[C@H](NC(=O)C3CCC(CNC(=O)O)CC3)C(=O)Nc3ccc(-c4nn[nH]n4)cc3)cc2)cc1C(=O)N1CCOCC1. The van der Waals surface area contributed by atoms with Crippen LogP contribution in [-0.2, 0) is 20.7 Å². The van der Waals surface area contributed by atoms with Crippen molar-refractivity contribution < 1.29 is 29.0 Å². The zero-order valence-electron chi connectivity index (χ0n) is 28.4. The van der Waals surface area contributed by atoms with Gasteiger partial charge < -0.3 is 30.7 Å². The first kappa shape index (κ1) is 35.2. The van der Waals surface area contributed by atoms with Gasteiger partial charge in [0.2, 0.25) is 17.6 Å². The predicted octanol–water partition coefficient (Wildman–Crippen LogP) is 4.05. The molecule has 2 fully saturated rings. The molecule has 3 aromatic carbocycles. The normalized spacial score (nSPS) is 18.0. The van der Waals surface area contributed by atoms with Gasteiger partial charge in [-0.3, -0.25) is 14.4 Å². The molecule has 14 heteroatoms. The van der Waals surface area contributed by atoms with E-state index in [-0.39, 0.29) is 36.0 Å². The van der Waals surface area contributed by atoms with Crippen molar-refractivity contribution in [1.29, 1.82) is 0 Å². The third-order valence-corrected chi connectivity index (χ3v) is 9.64. The Balaban J connectivity index is 1.15. The van der Waals surface area contributed by atoms with E-state index in [0.717, 1.165) is 40.7 Å². The first-order valence-corrected chi connectivity index (χ1v) is 17.2. The molecule has 1 aliphatic heterocycles. The summed E-state index contributed by atoms with van der Waals surface area (Å²) in [6, 6.07) is 19.8. The number of morpholine rings is 1. The van der Waals surface area contributed by atoms with Gasteiger partial charge in [0.25, 0.3) is 5.91 Å². The number of rotatable bonds is 11. The number of ether oxygens (including phenoxy) is 1. The number of tetrazole rings is 1. The highest BCUT2D eigenvalue weighted by Crippen LogP contribution is 2.29. The number of aromatic amines is 1. The third-order valence-electron chi connectivity index (χ3n) is 9.64. The van der Waals surface area contributed by atoms with Crippen LogP contribution in [0.15, 0.2) is 66.7 Å². The van der Waals surface area contributed by atoms with Crippen molar-refractivity contribution in [2.24, 2.45) is 11.8 Å². The number of benzene rings is 3. The van der Waals surface area contributed by atoms with E-state index in [1.54, 1.807) is 24.3 Å². The molecular formula is C37H42N8O6. The van der Waals surface area contributed by atoms with Crippen molar-refractivity contribution >= 4 is 29.5 Å². The number of anilines is 1. The number of aryl methyl sites for hydroxylation is 1. The number of hydrogen-bond donors (Lipinski definition) is 5. The van der Waals surface area contributed by atoms with Gasteiger partial charge in [0.05, 0.1) is 13.2 Å². The number of amides is 4. The molecule has 2 heterocycles. The van der Waals surface area contributed by atoms with E-state index in [0.29, 0.717) is 62.8 Å². The third kappa shape index (κ3) is 9.14. The molecule has 51 heavy (non-hydrogen) atoms. The van der Waals surface area contributed by atoms with Crippen LogP contribution in [0.4, 0.5) is 10.5 Å². The average molecular weight is 695 g/mol. The minimum Gasteiger partial charge on any atom is -0.465 e. The Morgan fingerprint density at radius 3 is 2.27 bits per heavy atom. The highest BCUT2D eigenvalue weighted by molar-refractivity contribution is 5.98. The summed E-state index contributed by atoms with van der Waals surface area (Å²) in [4.78, 5) is 53.3. The topological polar surface area (TPSA) is 192 Å². The van der Waals surface area contributed by atoms with E-state index >= 15 is 0 Å². The van der Waals surface area contributed by atoms with Crippen molar-refractivity contribution in [2.75, 3.05) is 38.2 Å². The van der Waals surface area contributed by atoms with Gasteiger partial charge in [-0.15, -0.1) is 10.2 Å². The van der Waals surface area contributed by atoms with Crippen LogP contribution in [-0.4, -0.2) is 93.3 Å². The maximum atomic E-state index is 13.7. The van der Waals surface area contributed by atoms with Gasteiger partial charge >= 0.3 is 6.09 Å². The molecule has 4 aromatic rings. The fraction of sp³-hybridized carbons (Fsp3) is 0.378. The second-order valence-corrected chi connectivity index (χ2v) is 13.1. The van der Waals surface area contributed by atoms with Crippen molar-refractivity contribution in [1.82, 2.24) is 36.2 Å². The highest BCUT2D eigenvalue weighted by atomic mass is 16.5. The molecule has 1 aromatic heterocycles. The van der Waals surface area contributed by atoms with Crippen LogP contribution < -0.4 is 16.0 Å². The van der Waals surface area contributed by atoms with Crippen LogP contribution in [0.25, 0.3) is 22.5 Å². The number of carbonyl (C=O) groups is 4. The van der Waals surface area contributed by atoms with Gasteiger partial charge in [0.15, 0.2) is 0 Å². The fourth-order valence-corrected chi connectivity index (χ4v) is 6.61. The van der Waals surface area contributed by atoms with E-state index in [1.807, 2.05) is 54.3 Å². The molecule has 14 nitrogen and oxygen atoms in total. The minimum atomic E-state index is -1.05. The molecule has 4 amide bonds. The van der Waals surface area contributed by atoms with Crippen LogP contribution >= 0.6 is 0 Å². The van der Waals surface area contributed by atoms with Gasteiger partial charge in [-0.05, 0) is 96.3 Å². The molecule has 0 unspecified atom stereocenters. The second-order valence-electron chi connectivity index (χ2n) is 13.1. The lowest BCUT2D eigenvalue weighted by atomic mass is 9.81. The summed E-state index contributed by atoms with van der Waals surface area (Å²) in [5.74, 6) is -0.215. The quantitative estimate of drug-likeness (QED) is 0.154. The van der Waals surface area contributed by atoms with E-state index < -0.39 is 12.1 Å².